The Morgan fingerprint density at radius 2 is 2.29 bits per heavy atom. The number of rotatable bonds is 4. The molecule has 24 heavy (non-hydrogen) atoms. The number of carbonyl (C=O) groups is 3. The van der Waals surface area contributed by atoms with Crippen molar-refractivity contribution < 1.29 is 19.5 Å². The van der Waals surface area contributed by atoms with E-state index in [-0.39, 0.29) is 17.0 Å². The molecule has 3 N–H and O–H groups in total. The first kappa shape index (κ1) is 17.5. The molecule has 3 heterocycles. The van der Waals surface area contributed by atoms with E-state index in [1.165, 1.54) is 35.5 Å². The number of carboxylic acid groups (broad SMARTS) is 1. The molecule has 8 nitrogen and oxygen atoms in total. The van der Waals surface area contributed by atoms with E-state index in [1.54, 1.807) is 11.8 Å². The first-order valence-electron chi connectivity index (χ1n) is 7.21. The number of hydrogen-bond acceptors (Lipinski definition) is 7. The normalized spacial score (nSPS) is 25.8. The first-order valence-corrected chi connectivity index (χ1v) is 10.2. The van der Waals surface area contributed by atoms with E-state index >= 15 is 0 Å². The second kappa shape index (κ2) is 7.28. The molecule has 0 radical (unpaired) electrons. The maximum Gasteiger partial charge on any atom is 0.352 e. The van der Waals surface area contributed by atoms with Gasteiger partial charge in [-0.2, -0.15) is 0 Å². The van der Waals surface area contributed by atoms with Gasteiger partial charge in [0.05, 0.1) is 6.54 Å². The van der Waals surface area contributed by atoms with Gasteiger partial charge in [-0.25, -0.2) is 9.59 Å². The Morgan fingerprint density at radius 3 is 2.92 bits per heavy atom. The monoisotopic (exact) mass is 388 g/mol. The molecule has 1 fully saturated rings. The molecular formula is C13H16N4O4S3. The van der Waals surface area contributed by atoms with Crippen LogP contribution in [0, 0.1) is 0 Å². The number of nitrogens with zero attached hydrogens (tertiary/aromatic N) is 2. The van der Waals surface area contributed by atoms with Crippen LogP contribution in [0.2, 0.25) is 0 Å². The molecule has 2 atom stereocenters. The molecule has 0 aromatic heterocycles. The van der Waals surface area contributed by atoms with Crippen LogP contribution in [0.15, 0.2) is 16.3 Å². The maximum atomic E-state index is 12.3. The van der Waals surface area contributed by atoms with Crippen molar-refractivity contribution in [2.75, 3.05) is 30.9 Å². The number of hydrogen-bond donors (Lipinski definition) is 3. The summed E-state index contributed by atoms with van der Waals surface area (Å²) in [6.07, 6.45) is 0. The number of nitrogens with one attached hydrogen (secondary N) is 2. The zero-order chi connectivity index (χ0) is 17.3. The van der Waals surface area contributed by atoms with Crippen LogP contribution in [0.1, 0.15) is 0 Å². The van der Waals surface area contributed by atoms with E-state index in [2.05, 4.69) is 15.6 Å². The Kier molecular flexibility index (Phi) is 5.30. The number of amides is 3. The molecule has 0 saturated carbocycles. The van der Waals surface area contributed by atoms with Gasteiger partial charge in [-0.05, 0) is 5.57 Å². The lowest BCUT2D eigenvalue weighted by molar-refractivity contribution is -0.148. The van der Waals surface area contributed by atoms with E-state index in [9.17, 15) is 19.5 Å². The quantitative estimate of drug-likeness (QED) is 0.597. The lowest BCUT2D eigenvalue weighted by Crippen LogP contribution is -2.71. The summed E-state index contributed by atoms with van der Waals surface area (Å²) in [6.45, 7) is 0.798. The van der Waals surface area contributed by atoms with E-state index in [1.807, 2.05) is 0 Å². The zero-order valence-corrected chi connectivity index (χ0v) is 15.2. The van der Waals surface area contributed by atoms with Crippen molar-refractivity contribution in [2.45, 2.75) is 11.4 Å². The van der Waals surface area contributed by atoms with Gasteiger partial charge in [-0.15, -0.1) is 11.8 Å². The first-order chi connectivity index (χ1) is 11.5. The minimum Gasteiger partial charge on any atom is -0.477 e. The maximum absolute atomic E-state index is 12.3. The summed E-state index contributed by atoms with van der Waals surface area (Å²) in [6, 6.07) is -1.14. The fourth-order valence-electron chi connectivity index (χ4n) is 2.56. The topological polar surface area (TPSA) is 111 Å². The Balaban J connectivity index is 1.74. The number of fused-ring (bicyclic) bond motifs is 1. The second-order valence-electron chi connectivity index (χ2n) is 5.15. The van der Waals surface area contributed by atoms with Crippen LogP contribution in [0.5, 0.6) is 0 Å². The van der Waals surface area contributed by atoms with Gasteiger partial charge in [0.25, 0.3) is 5.91 Å². The summed E-state index contributed by atoms with van der Waals surface area (Å²) < 4.78 is 0.966. The number of thioether (sulfide) groups is 3. The van der Waals surface area contributed by atoms with Crippen LogP contribution in [-0.2, 0) is 9.59 Å². The number of urea groups is 1. The molecule has 1 unspecified atom stereocenters. The largest absolute Gasteiger partial charge is 0.477 e. The average molecular weight is 388 g/mol. The van der Waals surface area contributed by atoms with Crippen LogP contribution < -0.4 is 10.6 Å². The van der Waals surface area contributed by atoms with Crippen molar-refractivity contribution in [3.63, 3.8) is 0 Å². The van der Waals surface area contributed by atoms with Crippen LogP contribution in [-0.4, -0.2) is 74.6 Å². The Hall–Kier alpha value is -1.33. The molecule has 0 aliphatic carbocycles. The van der Waals surface area contributed by atoms with Crippen molar-refractivity contribution in [2.24, 2.45) is 4.99 Å². The van der Waals surface area contributed by atoms with Crippen LogP contribution >= 0.6 is 35.3 Å². The Bertz CT molecular complexity index is 651. The van der Waals surface area contributed by atoms with E-state index in [4.69, 9.17) is 0 Å². The third-order valence-corrected chi connectivity index (χ3v) is 7.37. The van der Waals surface area contributed by atoms with E-state index in [0.717, 1.165) is 22.2 Å². The molecule has 0 spiro atoms. The van der Waals surface area contributed by atoms with Gasteiger partial charge in [0.1, 0.15) is 21.5 Å². The molecule has 3 aliphatic rings. The molecule has 0 bridgehead atoms. The molecular weight excluding hydrogens is 372 g/mol. The highest BCUT2D eigenvalue weighted by molar-refractivity contribution is 8.39. The van der Waals surface area contributed by atoms with E-state index < -0.39 is 18.0 Å². The molecule has 0 aromatic carbocycles. The highest BCUT2D eigenvalue weighted by Crippen LogP contribution is 2.41. The summed E-state index contributed by atoms with van der Waals surface area (Å²) >= 11 is 4.65. The van der Waals surface area contributed by atoms with Crippen molar-refractivity contribution in [3.05, 3.63) is 11.3 Å². The van der Waals surface area contributed by atoms with E-state index in [0.29, 0.717) is 11.5 Å². The Morgan fingerprint density at radius 1 is 1.50 bits per heavy atom. The zero-order valence-electron chi connectivity index (χ0n) is 12.8. The predicted octanol–water partition coefficient (Wildman–Crippen LogP) is 0.374. The lowest BCUT2D eigenvalue weighted by Gasteiger charge is -2.49. The highest BCUT2D eigenvalue weighted by atomic mass is 32.2. The number of carbonyl (C=O) groups excluding carboxylic acids is 2. The minimum atomic E-state index is -1.11. The molecule has 1 saturated heterocycles. The van der Waals surface area contributed by atoms with Crippen molar-refractivity contribution in [3.8, 4) is 0 Å². The van der Waals surface area contributed by atoms with Crippen LogP contribution in [0.3, 0.4) is 0 Å². The third-order valence-electron chi connectivity index (χ3n) is 3.69. The van der Waals surface area contributed by atoms with Crippen LogP contribution in [0.25, 0.3) is 0 Å². The summed E-state index contributed by atoms with van der Waals surface area (Å²) in [7, 11) is 1.46. The van der Waals surface area contributed by atoms with Crippen molar-refractivity contribution in [1.29, 1.82) is 0 Å². The summed E-state index contributed by atoms with van der Waals surface area (Å²) in [5.74, 6) is 0.491. The number of β-lactam (4-membered cyclic amide) rings is 1. The fraction of sp³-hybridized carbons (Fsp3) is 0.538. The van der Waals surface area contributed by atoms with Gasteiger partial charge in [0.15, 0.2) is 0 Å². The second-order valence-corrected chi connectivity index (χ2v) is 8.56. The van der Waals surface area contributed by atoms with Gasteiger partial charge >= 0.3 is 12.0 Å². The molecule has 3 aliphatic heterocycles. The van der Waals surface area contributed by atoms with Crippen molar-refractivity contribution in [1.82, 2.24) is 15.5 Å². The van der Waals surface area contributed by atoms with Gasteiger partial charge in [-0.1, -0.05) is 23.5 Å². The summed E-state index contributed by atoms with van der Waals surface area (Å²) in [5.41, 5.74) is 0.769. The van der Waals surface area contributed by atoms with Gasteiger partial charge in [-0.3, -0.25) is 14.7 Å². The lowest BCUT2D eigenvalue weighted by atomic mass is 10.0. The molecule has 3 amide bonds. The molecule has 3 rings (SSSR count). The van der Waals surface area contributed by atoms with Gasteiger partial charge in [0, 0.05) is 24.3 Å². The summed E-state index contributed by atoms with van der Waals surface area (Å²) in [5, 5.41) is 14.1. The summed E-state index contributed by atoms with van der Waals surface area (Å²) in [4.78, 5) is 41.0. The minimum absolute atomic E-state index is 0.0507. The molecule has 130 valence electrons. The van der Waals surface area contributed by atoms with Gasteiger partial charge < -0.3 is 15.7 Å². The molecule has 11 heteroatoms. The average Bonchev–Trinajstić information content (AvgIpc) is 3.09. The smallest absolute Gasteiger partial charge is 0.352 e. The number of aliphatic carboxylic acids is 1. The fourth-order valence-corrected chi connectivity index (χ4v) is 6.05. The molecule has 0 aromatic rings. The SMILES string of the molecule is CNC(=O)NC1C(=O)N2C(C(=O)O)=C(CSC3=NCCS3)CS[C@@H]12. The highest BCUT2D eigenvalue weighted by Gasteiger charge is 2.54. The Labute approximate surface area is 151 Å². The van der Waals surface area contributed by atoms with Gasteiger partial charge in [0.2, 0.25) is 0 Å². The number of aliphatic imine (C=N–C) groups is 1. The number of carboxylic acids is 1. The third kappa shape index (κ3) is 3.24. The predicted molar refractivity (Wildman–Crippen MR) is 96.4 cm³/mol. The van der Waals surface area contributed by atoms with Crippen molar-refractivity contribution >= 4 is 57.6 Å². The van der Waals surface area contributed by atoms with Crippen LogP contribution in [0.4, 0.5) is 4.79 Å². The standard InChI is InChI=1S/C13H16N4O4S3/c1-14-12(21)16-7-9(18)17-8(11(19)20)6(4-23-10(7)17)5-24-13-15-2-3-22-13/h7,10H,2-5H2,1H3,(H,19,20)(H2,14,16,21)/t7?,10-/m0/s1.